The topological polar surface area (TPSA) is 53.4 Å². The summed E-state index contributed by atoms with van der Waals surface area (Å²) in [4.78, 5) is 17.3. The fourth-order valence-electron chi connectivity index (χ4n) is 1.89. The molecule has 1 atom stereocenters. The third kappa shape index (κ3) is 2.15. The normalized spacial score (nSPS) is 21.0. The first-order valence-electron chi connectivity index (χ1n) is 5.10. The molecule has 4 heteroatoms. The molecule has 0 bridgehead atoms. The van der Waals surface area contributed by atoms with Crippen LogP contribution in [0.5, 0.6) is 0 Å². The molecule has 2 rings (SSSR count). The molecule has 0 saturated carbocycles. The minimum Gasteiger partial charge on any atom is -0.394 e. The van der Waals surface area contributed by atoms with Gasteiger partial charge in [-0.3, -0.25) is 9.78 Å². The molecule has 0 aromatic carbocycles. The van der Waals surface area contributed by atoms with Gasteiger partial charge >= 0.3 is 0 Å². The minimum atomic E-state index is -0.0160. The van der Waals surface area contributed by atoms with Crippen molar-refractivity contribution in [3.05, 3.63) is 30.1 Å². The first-order chi connectivity index (χ1) is 7.31. The highest BCUT2D eigenvalue weighted by Gasteiger charge is 2.29. The van der Waals surface area contributed by atoms with Crippen LogP contribution < -0.4 is 0 Å². The van der Waals surface area contributed by atoms with Gasteiger partial charge < -0.3 is 10.0 Å². The number of rotatable bonds is 3. The van der Waals surface area contributed by atoms with Gasteiger partial charge in [-0.2, -0.15) is 0 Å². The lowest BCUT2D eigenvalue weighted by Gasteiger charge is -2.22. The van der Waals surface area contributed by atoms with Crippen molar-refractivity contribution in [2.24, 2.45) is 0 Å². The molecule has 4 nitrogen and oxygen atoms in total. The Bertz CT molecular complexity index is 340. The first kappa shape index (κ1) is 10.1. The number of aliphatic hydroxyl groups is 1. The van der Waals surface area contributed by atoms with Crippen LogP contribution in [0.15, 0.2) is 24.5 Å². The number of aromatic nitrogens is 1. The quantitative estimate of drug-likeness (QED) is 0.786. The Morgan fingerprint density at radius 1 is 1.60 bits per heavy atom. The minimum absolute atomic E-state index is 0.0160. The van der Waals surface area contributed by atoms with Crippen molar-refractivity contribution in [3.8, 4) is 0 Å². The van der Waals surface area contributed by atoms with Crippen molar-refractivity contribution >= 4 is 5.91 Å². The summed E-state index contributed by atoms with van der Waals surface area (Å²) in [5.74, 6) is 0.123. The van der Waals surface area contributed by atoms with Crippen molar-refractivity contribution in [1.82, 2.24) is 9.88 Å². The zero-order chi connectivity index (χ0) is 10.7. The SMILES string of the molecule is O=C1CCC(CO)N1Cc1cccnc1. The number of pyridine rings is 1. The summed E-state index contributed by atoms with van der Waals surface area (Å²) < 4.78 is 0. The Kier molecular flexibility index (Phi) is 2.97. The standard InChI is InChI=1S/C11H14N2O2/c14-8-10-3-4-11(15)13(10)7-9-2-1-5-12-6-9/h1-2,5-6,10,14H,3-4,7-8H2. The highest BCUT2D eigenvalue weighted by Crippen LogP contribution is 2.20. The average Bonchev–Trinajstić information content (AvgIpc) is 2.62. The van der Waals surface area contributed by atoms with Gasteiger partial charge in [-0.1, -0.05) is 6.07 Å². The van der Waals surface area contributed by atoms with Gasteiger partial charge in [0.05, 0.1) is 12.6 Å². The molecule has 0 spiro atoms. The van der Waals surface area contributed by atoms with E-state index in [1.807, 2.05) is 12.1 Å². The van der Waals surface area contributed by atoms with E-state index < -0.39 is 0 Å². The molecule has 1 aromatic heterocycles. The lowest BCUT2D eigenvalue weighted by molar-refractivity contribution is -0.130. The molecule has 0 aliphatic carbocycles. The van der Waals surface area contributed by atoms with E-state index >= 15 is 0 Å². The monoisotopic (exact) mass is 206 g/mol. The lowest BCUT2D eigenvalue weighted by atomic mass is 10.2. The lowest BCUT2D eigenvalue weighted by Crippen LogP contribution is -2.34. The van der Waals surface area contributed by atoms with Gasteiger partial charge in [-0.15, -0.1) is 0 Å². The molecule has 15 heavy (non-hydrogen) atoms. The first-order valence-corrected chi connectivity index (χ1v) is 5.10. The van der Waals surface area contributed by atoms with Gasteiger partial charge in [0.15, 0.2) is 0 Å². The molecule has 1 aliphatic heterocycles. The van der Waals surface area contributed by atoms with Gasteiger partial charge in [0.1, 0.15) is 0 Å². The summed E-state index contributed by atoms with van der Waals surface area (Å²) in [7, 11) is 0. The maximum absolute atomic E-state index is 11.5. The molecule has 2 heterocycles. The van der Waals surface area contributed by atoms with Crippen molar-refractivity contribution in [3.63, 3.8) is 0 Å². The van der Waals surface area contributed by atoms with E-state index in [0.717, 1.165) is 12.0 Å². The summed E-state index contributed by atoms with van der Waals surface area (Å²) in [6, 6.07) is 3.77. The molecule has 1 amide bonds. The van der Waals surface area contributed by atoms with Crippen LogP contribution >= 0.6 is 0 Å². The molecule has 0 radical (unpaired) electrons. The summed E-state index contributed by atoms with van der Waals surface area (Å²) in [5.41, 5.74) is 1.01. The highest BCUT2D eigenvalue weighted by molar-refractivity contribution is 5.78. The molecular formula is C11H14N2O2. The van der Waals surface area contributed by atoms with Crippen molar-refractivity contribution < 1.29 is 9.90 Å². The molecular weight excluding hydrogens is 192 g/mol. The van der Waals surface area contributed by atoms with Crippen LogP contribution in [0.25, 0.3) is 0 Å². The van der Waals surface area contributed by atoms with Gasteiger partial charge in [-0.05, 0) is 18.1 Å². The molecule has 80 valence electrons. The average molecular weight is 206 g/mol. The van der Waals surface area contributed by atoms with E-state index in [1.54, 1.807) is 17.3 Å². The predicted molar refractivity (Wildman–Crippen MR) is 54.9 cm³/mol. The van der Waals surface area contributed by atoms with Crippen LogP contribution in [0.1, 0.15) is 18.4 Å². The van der Waals surface area contributed by atoms with Crippen molar-refractivity contribution in [1.29, 1.82) is 0 Å². The number of nitrogens with zero attached hydrogens (tertiary/aromatic N) is 2. The second kappa shape index (κ2) is 4.40. The third-order valence-electron chi connectivity index (χ3n) is 2.74. The second-order valence-electron chi connectivity index (χ2n) is 3.76. The fraction of sp³-hybridized carbons (Fsp3) is 0.455. The maximum atomic E-state index is 11.5. The van der Waals surface area contributed by atoms with Crippen LogP contribution in [-0.2, 0) is 11.3 Å². The van der Waals surface area contributed by atoms with E-state index in [4.69, 9.17) is 5.11 Å². The van der Waals surface area contributed by atoms with Crippen molar-refractivity contribution in [2.45, 2.75) is 25.4 Å². The Morgan fingerprint density at radius 2 is 2.47 bits per heavy atom. The maximum Gasteiger partial charge on any atom is 0.223 e. The zero-order valence-electron chi connectivity index (χ0n) is 8.47. The predicted octanol–water partition coefficient (Wildman–Crippen LogP) is 0.565. The summed E-state index contributed by atoms with van der Waals surface area (Å²) in [6.45, 7) is 0.601. The van der Waals surface area contributed by atoms with Crippen LogP contribution in [0.4, 0.5) is 0 Å². The summed E-state index contributed by atoms with van der Waals surface area (Å²) in [5, 5.41) is 9.12. The largest absolute Gasteiger partial charge is 0.394 e. The number of hydrogen-bond donors (Lipinski definition) is 1. The van der Waals surface area contributed by atoms with E-state index in [2.05, 4.69) is 4.98 Å². The Balaban J connectivity index is 2.07. The fourth-order valence-corrected chi connectivity index (χ4v) is 1.89. The molecule has 1 unspecified atom stereocenters. The summed E-state index contributed by atoms with van der Waals surface area (Å²) >= 11 is 0. The van der Waals surface area contributed by atoms with Gasteiger partial charge in [0.2, 0.25) is 5.91 Å². The Hall–Kier alpha value is -1.42. The number of carbonyl (C=O) groups excluding carboxylic acids is 1. The smallest absolute Gasteiger partial charge is 0.223 e. The highest BCUT2D eigenvalue weighted by atomic mass is 16.3. The van der Waals surface area contributed by atoms with Gasteiger partial charge in [-0.25, -0.2) is 0 Å². The number of carbonyl (C=O) groups is 1. The molecule has 1 aromatic rings. The zero-order valence-corrected chi connectivity index (χ0v) is 8.47. The van der Waals surface area contributed by atoms with Gasteiger partial charge in [0, 0.05) is 25.4 Å². The van der Waals surface area contributed by atoms with Crippen LogP contribution in [0.3, 0.4) is 0 Å². The van der Waals surface area contributed by atoms with E-state index in [1.165, 1.54) is 0 Å². The van der Waals surface area contributed by atoms with Crippen LogP contribution in [-0.4, -0.2) is 33.5 Å². The molecule has 1 saturated heterocycles. The second-order valence-corrected chi connectivity index (χ2v) is 3.76. The van der Waals surface area contributed by atoms with Crippen molar-refractivity contribution in [2.75, 3.05) is 6.61 Å². The summed E-state index contributed by atoms with van der Waals surface area (Å²) in [6.07, 6.45) is 4.76. The number of hydrogen-bond acceptors (Lipinski definition) is 3. The van der Waals surface area contributed by atoms with E-state index in [-0.39, 0.29) is 18.6 Å². The molecule has 1 aliphatic rings. The number of likely N-dealkylation sites (tertiary alicyclic amines) is 1. The third-order valence-corrected chi connectivity index (χ3v) is 2.74. The molecule has 1 N–H and O–H groups in total. The Morgan fingerprint density at radius 3 is 3.13 bits per heavy atom. The van der Waals surface area contributed by atoms with Crippen LogP contribution in [0.2, 0.25) is 0 Å². The molecule has 1 fully saturated rings. The van der Waals surface area contributed by atoms with Crippen LogP contribution in [0, 0.1) is 0 Å². The number of aliphatic hydroxyl groups excluding tert-OH is 1. The number of amides is 1. The van der Waals surface area contributed by atoms with E-state index in [0.29, 0.717) is 13.0 Å². The van der Waals surface area contributed by atoms with Gasteiger partial charge in [0.25, 0.3) is 0 Å². The Labute approximate surface area is 88.6 Å². The van der Waals surface area contributed by atoms with E-state index in [9.17, 15) is 4.79 Å².